The zero-order valence-corrected chi connectivity index (χ0v) is 19.7. The fourth-order valence-electron chi connectivity index (χ4n) is 4.67. The summed E-state index contributed by atoms with van der Waals surface area (Å²) in [5.41, 5.74) is 10.4. The molecule has 1 heterocycles. The van der Waals surface area contributed by atoms with Gasteiger partial charge in [0.05, 0.1) is 18.0 Å². The molecule has 1 aromatic heterocycles. The van der Waals surface area contributed by atoms with Crippen LogP contribution in [0.2, 0.25) is 0 Å². The lowest BCUT2D eigenvalue weighted by Gasteiger charge is -2.15. The highest BCUT2D eigenvalue weighted by Gasteiger charge is 2.27. The first-order chi connectivity index (χ1) is 16.4. The number of ether oxygens (including phenoxy) is 2. The Bertz CT molecular complexity index is 1230. The van der Waals surface area contributed by atoms with Crippen molar-refractivity contribution in [1.82, 2.24) is 4.57 Å². The Balaban J connectivity index is 0.00000103. The molecular formula is C26H29FN2O5. The minimum Gasteiger partial charge on any atom is -0.481 e. The van der Waals surface area contributed by atoms with Crippen LogP contribution >= 0.6 is 0 Å². The van der Waals surface area contributed by atoms with Gasteiger partial charge >= 0.3 is 5.97 Å². The third-order valence-electron chi connectivity index (χ3n) is 6.14. The quantitative estimate of drug-likeness (QED) is 0.323. The predicted octanol–water partition coefficient (Wildman–Crippen LogP) is 3.81. The van der Waals surface area contributed by atoms with Crippen molar-refractivity contribution in [3.63, 3.8) is 0 Å². The van der Waals surface area contributed by atoms with Gasteiger partial charge in [-0.2, -0.15) is 0 Å². The van der Waals surface area contributed by atoms with E-state index in [1.807, 2.05) is 31.2 Å². The van der Waals surface area contributed by atoms with E-state index in [0.717, 1.165) is 41.4 Å². The number of amides is 1. The van der Waals surface area contributed by atoms with Crippen LogP contribution in [0.25, 0.3) is 10.9 Å². The van der Waals surface area contributed by atoms with Crippen molar-refractivity contribution in [3.8, 4) is 5.75 Å². The molecule has 4 rings (SSSR count). The number of halogens is 1. The standard InChI is InChI=1S/C25H26FNO4.CH3NO/c1-15-23(16(2)28)24-21(31-14-22(29)30-3)11-17-9-6-10-20(17)25(24)27(15)13-19-8-5-4-7-18(19)12-26;2-1-3/h4-5,7-8,11H,6,9-10,12-14H2,1-3H3;1H,(H2,2,3). The van der Waals surface area contributed by atoms with Crippen molar-refractivity contribution < 1.29 is 28.2 Å². The molecule has 0 unspecified atom stereocenters. The lowest BCUT2D eigenvalue weighted by Crippen LogP contribution is -2.13. The number of nitrogens with zero attached hydrogens (tertiary/aromatic N) is 1. The molecule has 0 bridgehead atoms. The molecule has 0 saturated carbocycles. The number of nitrogens with two attached hydrogens (primary N) is 1. The number of Topliss-reactive ketones (excluding diaryl/α,β-unsaturated/α-hetero) is 1. The van der Waals surface area contributed by atoms with Gasteiger partial charge in [-0.15, -0.1) is 0 Å². The summed E-state index contributed by atoms with van der Waals surface area (Å²) in [5, 5.41) is 0.729. The topological polar surface area (TPSA) is 101 Å². The molecular weight excluding hydrogens is 439 g/mol. The first-order valence-corrected chi connectivity index (χ1v) is 11.0. The van der Waals surface area contributed by atoms with Gasteiger partial charge in [0.15, 0.2) is 12.4 Å². The summed E-state index contributed by atoms with van der Waals surface area (Å²) in [6.45, 7) is 3.15. The molecule has 180 valence electrons. The normalized spacial score (nSPS) is 12.0. The summed E-state index contributed by atoms with van der Waals surface area (Å²) in [5.74, 6) is -0.0289. The van der Waals surface area contributed by atoms with E-state index >= 15 is 0 Å². The predicted molar refractivity (Wildman–Crippen MR) is 127 cm³/mol. The number of hydrogen-bond donors (Lipinski definition) is 1. The van der Waals surface area contributed by atoms with Crippen LogP contribution in [0.3, 0.4) is 0 Å². The van der Waals surface area contributed by atoms with Crippen molar-refractivity contribution in [3.05, 3.63) is 63.8 Å². The SMILES string of the molecule is COC(=O)COc1cc2c(c3c1c(C(C)=O)c(C)n3Cc1ccccc1CF)CCC2.NC=O. The van der Waals surface area contributed by atoms with Crippen LogP contribution < -0.4 is 10.5 Å². The third-order valence-corrected chi connectivity index (χ3v) is 6.14. The van der Waals surface area contributed by atoms with Crippen LogP contribution in [0.1, 0.15) is 51.7 Å². The highest BCUT2D eigenvalue weighted by Crippen LogP contribution is 2.41. The maximum Gasteiger partial charge on any atom is 0.343 e. The number of benzene rings is 2. The van der Waals surface area contributed by atoms with Gasteiger partial charge in [-0.1, -0.05) is 24.3 Å². The monoisotopic (exact) mass is 468 g/mol. The molecule has 3 aromatic rings. The Hall–Kier alpha value is -3.68. The van der Waals surface area contributed by atoms with E-state index in [9.17, 15) is 14.0 Å². The zero-order valence-electron chi connectivity index (χ0n) is 19.7. The number of hydrogen-bond acceptors (Lipinski definition) is 5. The van der Waals surface area contributed by atoms with Crippen LogP contribution in [0.4, 0.5) is 4.39 Å². The number of carbonyl (C=O) groups excluding carboxylic acids is 3. The van der Waals surface area contributed by atoms with Crippen LogP contribution in [-0.4, -0.2) is 36.4 Å². The molecule has 7 nitrogen and oxygen atoms in total. The fraction of sp³-hybridized carbons (Fsp3) is 0.346. The lowest BCUT2D eigenvalue weighted by molar-refractivity contribution is -0.142. The number of aryl methyl sites for hydroxylation is 2. The molecule has 0 saturated heterocycles. The largest absolute Gasteiger partial charge is 0.481 e. The molecule has 1 aliphatic carbocycles. The minimum atomic E-state index is -0.542. The Kier molecular flexibility index (Phi) is 8.04. The van der Waals surface area contributed by atoms with Crippen molar-refractivity contribution in [2.24, 2.45) is 5.73 Å². The van der Waals surface area contributed by atoms with Crippen molar-refractivity contribution in [1.29, 1.82) is 0 Å². The second kappa shape index (κ2) is 11.0. The maximum atomic E-state index is 13.6. The highest BCUT2D eigenvalue weighted by atomic mass is 19.1. The molecule has 8 heteroatoms. The lowest BCUT2D eigenvalue weighted by atomic mass is 10.0. The smallest absolute Gasteiger partial charge is 0.343 e. The first kappa shape index (κ1) is 25.0. The Labute approximate surface area is 197 Å². The average Bonchev–Trinajstić information content (AvgIpc) is 3.40. The number of aromatic nitrogens is 1. The van der Waals surface area contributed by atoms with Gasteiger partial charge in [0.2, 0.25) is 6.41 Å². The second-order valence-corrected chi connectivity index (χ2v) is 8.10. The third kappa shape index (κ3) is 4.81. The molecule has 0 atom stereocenters. The Morgan fingerprint density at radius 2 is 1.88 bits per heavy atom. The van der Waals surface area contributed by atoms with Crippen LogP contribution in [-0.2, 0) is 40.4 Å². The van der Waals surface area contributed by atoms with E-state index in [-0.39, 0.29) is 18.8 Å². The molecule has 34 heavy (non-hydrogen) atoms. The molecule has 0 aliphatic heterocycles. The Morgan fingerprint density at radius 3 is 2.50 bits per heavy atom. The van der Waals surface area contributed by atoms with E-state index < -0.39 is 12.6 Å². The molecule has 0 fully saturated rings. The van der Waals surface area contributed by atoms with Crippen LogP contribution in [0.5, 0.6) is 5.75 Å². The van der Waals surface area contributed by atoms with Gasteiger partial charge in [-0.25, -0.2) is 9.18 Å². The van der Waals surface area contributed by atoms with E-state index in [4.69, 9.17) is 14.3 Å². The van der Waals surface area contributed by atoms with E-state index in [1.165, 1.54) is 18.2 Å². The van der Waals surface area contributed by atoms with Gasteiger partial charge in [0, 0.05) is 17.8 Å². The summed E-state index contributed by atoms with van der Waals surface area (Å²) in [6, 6.07) is 9.40. The zero-order chi connectivity index (χ0) is 24.8. The number of methoxy groups -OCH3 is 1. The number of alkyl halides is 1. The number of esters is 1. The number of ketones is 1. The molecule has 1 amide bonds. The molecule has 2 aromatic carbocycles. The molecule has 2 N–H and O–H groups in total. The number of rotatable bonds is 7. The van der Waals surface area contributed by atoms with Gasteiger partial charge in [-0.3, -0.25) is 9.59 Å². The molecule has 1 aliphatic rings. The van der Waals surface area contributed by atoms with Crippen molar-refractivity contribution >= 4 is 29.1 Å². The van der Waals surface area contributed by atoms with E-state index in [0.29, 0.717) is 23.4 Å². The summed E-state index contributed by atoms with van der Waals surface area (Å²) in [7, 11) is 1.31. The van der Waals surface area contributed by atoms with Gasteiger partial charge < -0.3 is 19.8 Å². The number of carbonyl (C=O) groups is 3. The van der Waals surface area contributed by atoms with Crippen LogP contribution in [0, 0.1) is 6.92 Å². The molecule has 0 spiro atoms. The number of primary amides is 1. The summed E-state index contributed by atoms with van der Waals surface area (Å²) in [4.78, 5) is 33.0. The number of fused-ring (bicyclic) bond motifs is 3. The van der Waals surface area contributed by atoms with Gasteiger partial charge in [0.25, 0.3) is 0 Å². The first-order valence-electron chi connectivity index (χ1n) is 11.0. The van der Waals surface area contributed by atoms with Crippen molar-refractivity contribution in [2.45, 2.75) is 46.3 Å². The summed E-state index contributed by atoms with van der Waals surface area (Å²) < 4.78 is 26.3. The van der Waals surface area contributed by atoms with E-state index in [1.54, 1.807) is 13.0 Å². The summed E-state index contributed by atoms with van der Waals surface area (Å²) in [6.07, 6.45) is 3.10. The van der Waals surface area contributed by atoms with Gasteiger partial charge in [-0.05, 0) is 61.4 Å². The minimum absolute atomic E-state index is 0.0686. The summed E-state index contributed by atoms with van der Waals surface area (Å²) >= 11 is 0. The van der Waals surface area contributed by atoms with E-state index in [2.05, 4.69) is 10.3 Å². The van der Waals surface area contributed by atoms with Gasteiger partial charge in [0.1, 0.15) is 12.4 Å². The highest BCUT2D eigenvalue weighted by molar-refractivity contribution is 6.11. The fourth-order valence-corrected chi connectivity index (χ4v) is 4.67. The van der Waals surface area contributed by atoms with Crippen molar-refractivity contribution in [2.75, 3.05) is 13.7 Å². The second-order valence-electron chi connectivity index (χ2n) is 8.10. The Morgan fingerprint density at radius 1 is 1.21 bits per heavy atom. The molecule has 0 radical (unpaired) electrons. The maximum absolute atomic E-state index is 13.6. The average molecular weight is 469 g/mol. The van der Waals surface area contributed by atoms with Crippen LogP contribution in [0.15, 0.2) is 30.3 Å².